The lowest BCUT2D eigenvalue weighted by atomic mass is 10.0. The van der Waals surface area contributed by atoms with E-state index >= 15 is 0 Å². The van der Waals surface area contributed by atoms with E-state index in [1.165, 1.54) is 0 Å². The first-order chi connectivity index (χ1) is 9.15. The highest BCUT2D eigenvalue weighted by atomic mass is 19.1. The summed E-state index contributed by atoms with van der Waals surface area (Å²) in [7, 11) is 0. The second kappa shape index (κ2) is 5.97. The molecule has 2 rings (SSSR count). The van der Waals surface area contributed by atoms with E-state index in [-0.39, 0.29) is 11.9 Å². The molecular weight excluding hydrogens is 241 g/mol. The molecule has 1 heterocycles. The Hall–Kier alpha value is -1.68. The molecule has 0 bridgehead atoms. The first-order valence-corrected chi connectivity index (χ1v) is 6.67. The van der Waals surface area contributed by atoms with Gasteiger partial charge in [0.05, 0.1) is 6.04 Å². The highest BCUT2D eigenvalue weighted by Gasteiger charge is 2.18. The largest absolute Gasteiger partial charge is 0.334 e. The molecule has 102 valence electrons. The molecule has 0 saturated heterocycles. The van der Waals surface area contributed by atoms with Crippen molar-refractivity contribution in [3.63, 3.8) is 0 Å². The first-order valence-electron chi connectivity index (χ1n) is 6.67. The number of aryl methyl sites for hydroxylation is 2. The highest BCUT2D eigenvalue weighted by molar-refractivity contribution is 5.30. The smallest absolute Gasteiger partial charge is 0.130 e. The summed E-state index contributed by atoms with van der Waals surface area (Å²) in [6.45, 7) is 7.67. The number of nitrogens with one attached hydrogen (secondary N) is 1. The maximum Gasteiger partial charge on any atom is 0.130 e. The Kier molecular flexibility index (Phi) is 4.32. The van der Waals surface area contributed by atoms with Crippen LogP contribution in [0.5, 0.6) is 0 Å². The van der Waals surface area contributed by atoms with Crippen LogP contribution in [0.3, 0.4) is 0 Å². The van der Waals surface area contributed by atoms with Crippen molar-refractivity contribution in [3.05, 3.63) is 53.4 Å². The second-order valence-corrected chi connectivity index (χ2v) is 4.62. The van der Waals surface area contributed by atoms with Crippen molar-refractivity contribution in [2.75, 3.05) is 6.54 Å². The van der Waals surface area contributed by atoms with Gasteiger partial charge in [0, 0.05) is 18.9 Å². The van der Waals surface area contributed by atoms with Gasteiger partial charge in [-0.15, -0.1) is 0 Å². The van der Waals surface area contributed by atoms with E-state index < -0.39 is 0 Å². The van der Waals surface area contributed by atoms with Crippen LogP contribution in [0.2, 0.25) is 0 Å². The third-order valence-electron chi connectivity index (χ3n) is 3.15. The van der Waals surface area contributed by atoms with Gasteiger partial charge in [0.1, 0.15) is 11.6 Å². The Morgan fingerprint density at radius 3 is 2.74 bits per heavy atom. The first kappa shape index (κ1) is 13.7. The molecule has 3 nitrogen and oxygen atoms in total. The van der Waals surface area contributed by atoms with Crippen molar-refractivity contribution in [2.24, 2.45) is 0 Å². The van der Waals surface area contributed by atoms with Crippen molar-refractivity contribution in [1.29, 1.82) is 0 Å². The SMILES string of the molecule is CCNC(c1cc(C)cc(F)c1)c1nccn1CC. The monoisotopic (exact) mass is 261 g/mol. The third kappa shape index (κ3) is 3.01. The van der Waals surface area contributed by atoms with Gasteiger partial charge in [-0.3, -0.25) is 0 Å². The molecule has 1 atom stereocenters. The van der Waals surface area contributed by atoms with Crippen LogP contribution in [0, 0.1) is 12.7 Å². The number of hydrogen-bond acceptors (Lipinski definition) is 2. The van der Waals surface area contributed by atoms with Gasteiger partial charge in [-0.05, 0) is 43.7 Å². The summed E-state index contributed by atoms with van der Waals surface area (Å²) in [5.74, 6) is 0.724. The van der Waals surface area contributed by atoms with E-state index in [2.05, 4.69) is 21.8 Å². The summed E-state index contributed by atoms with van der Waals surface area (Å²) >= 11 is 0. The average molecular weight is 261 g/mol. The Balaban J connectivity index is 2.45. The molecule has 0 aliphatic rings. The molecule has 4 heteroatoms. The summed E-state index contributed by atoms with van der Waals surface area (Å²) in [5, 5.41) is 3.38. The Bertz CT molecular complexity index is 528. The van der Waals surface area contributed by atoms with E-state index in [9.17, 15) is 4.39 Å². The summed E-state index contributed by atoms with van der Waals surface area (Å²) in [6, 6.07) is 5.05. The molecule has 0 saturated carbocycles. The van der Waals surface area contributed by atoms with Gasteiger partial charge in [0.2, 0.25) is 0 Å². The quantitative estimate of drug-likeness (QED) is 0.896. The maximum absolute atomic E-state index is 13.6. The molecule has 0 aliphatic carbocycles. The molecule has 0 amide bonds. The van der Waals surface area contributed by atoms with Crippen molar-refractivity contribution in [1.82, 2.24) is 14.9 Å². The van der Waals surface area contributed by atoms with Gasteiger partial charge in [0.15, 0.2) is 0 Å². The topological polar surface area (TPSA) is 29.9 Å². The van der Waals surface area contributed by atoms with Crippen molar-refractivity contribution in [3.8, 4) is 0 Å². The number of rotatable bonds is 5. The minimum atomic E-state index is -0.201. The Morgan fingerprint density at radius 2 is 2.11 bits per heavy atom. The summed E-state index contributed by atoms with van der Waals surface area (Å²) in [6.07, 6.45) is 3.74. The second-order valence-electron chi connectivity index (χ2n) is 4.62. The molecular formula is C15H20FN3. The number of aromatic nitrogens is 2. The van der Waals surface area contributed by atoms with Crippen molar-refractivity contribution in [2.45, 2.75) is 33.4 Å². The molecule has 0 aliphatic heterocycles. The van der Waals surface area contributed by atoms with Gasteiger partial charge in [-0.1, -0.05) is 13.0 Å². The van der Waals surface area contributed by atoms with Crippen LogP contribution >= 0.6 is 0 Å². The molecule has 0 spiro atoms. The minimum absolute atomic E-state index is 0.0747. The number of imidazole rings is 1. The van der Waals surface area contributed by atoms with Crippen molar-refractivity contribution < 1.29 is 4.39 Å². The van der Waals surface area contributed by atoms with Crippen LogP contribution in [-0.4, -0.2) is 16.1 Å². The maximum atomic E-state index is 13.6. The highest BCUT2D eigenvalue weighted by Crippen LogP contribution is 2.22. The zero-order valence-corrected chi connectivity index (χ0v) is 11.7. The van der Waals surface area contributed by atoms with Crippen LogP contribution in [-0.2, 0) is 6.54 Å². The Labute approximate surface area is 113 Å². The van der Waals surface area contributed by atoms with E-state index in [1.54, 1.807) is 18.3 Å². The van der Waals surface area contributed by atoms with Gasteiger partial charge in [-0.25, -0.2) is 9.37 Å². The standard InChI is InChI=1S/C15H20FN3/c1-4-17-14(15-18-6-7-19(15)5-2)12-8-11(3)9-13(16)10-12/h6-10,14,17H,4-5H2,1-3H3. The zero-order chi connectivity index (χ0) is 13.8. The van der Waals surface area contributed by atoms with Crippen LogP contribution in [0.25, 0.3) is 0 Å². The normalized spacial score (nSPS) is 12.6. The number of hydrogen-bond donors (Lipinski definition) is 1. The molecule has 19 heavy (non-hydrogen) atoms. The fraction of sp³-hybridized carbons (Fsp3) is 0.400. The summed E-state index contributed by atoms with van der Waals surface area (Å²) < 4.78 is 15.7. The van der Waals surface area contributed by atoms with E-state index in [0.717, 1.165) is 30.0 Å². The molecule has 0 fully saturated rings. The fourth-order valence-corrected chi connectivity index (χ4v) is 2.34. The average Bonchev–Trinajstić information content (AvgIpc) is 2.82. The predicted molar refractivity (Wildman–Crippen MR) is 74.6 cm³/mol. The lowest BCUT2D eigenvalue weighted by molar-refractivity contribution is 0.552. The van der Waals surface area contributed by atoms with Crippen LogP contribution in [0.1, 0.15) is 36.8 Å². The number of benzene rings is 1. The van der Waals surface area contributed by atoms with Gasteiger partial charge in [0.25, 0.3) is 0 Å². The molecule has 1 unspecified atom stereocenters. The molecule has 1 aromatic carbocycles. The van der Waals surface area contributed by atoms with E-state index in [4.69, 9.17) is 0 Å². The van der Waals surface area contributed by atoms with Crippen LogP contribution in [0.15, 0.2) is 30.6 Å². The fourth-order valence-electron chi connectivity index (χ4n) is 2.34. The van der Waals surface area contributed by atoms with Crippen LogP contribution < -0.4 is 5.32 Å². The lowest BCUT2D eigenvalue weighted by Crippen LogP contribution is -2.25. The minimum Gasteiger partial charge on any atom is -0.334 e. The van der Waals surface area contributed by atoms with E-state index in [1.807, 2.05) is 26.1 Å². The van der Waals surface area contributed by atoms with Gasteiger partial charge < -0.3 is 9.88 Å². The molecule has 0 radical (unpaired) electrons. The lowest BCUT2D eigenvalue weighted by Gasteiger charge is -2.19. The van der Waals surface area contributed by atoms with E-state index in [0.29, 0.717) is 0 Å². The molecule has 2 aromatic rings. The molecule has 1 aromatic heterocycles. The van der Waals surface area contributed by atoms with Gasteiger partial charge >= 0.3 is 0 Å². The number of nitrogens with zero attached hydrogens (tertiary/aromatic N) is 2. The summed E-state index contributed by atoms with van der Waals surface area (Å²) in [4.78, 5) is 4.42. The Morgan fingerprint density at radius 1 is 1.32 bits per heavy atom. The van der Waals surface area contributed by atoms with Crippen molar-refractivity contribution >= 4 is 0 Å². The van der Waals surface area contributed by atoms with Crippen LogP contribution in [0.4, 0.5) is 4.39 Å². The predicted octanol–water partition coefficient (Wildman–Crippen LogP) is 3.05. The van der Waals surface area contributed by atoms with Gasteiger partial charge in [-0.2, -0.15) is 0 Å². The summed E-state index contributed by atoms with van der Waals surface area (Å²) in [5.41, 5.74) is 1.84. The third-order valence-corrected chi connectivity index (χ3v) is 3.15. The number of halogens is 1. The zero-order valence-electron chi connectivity index (χ0n) is 11.7. The molecule has 1 N–H and O–H groups in total.